The summed E-state index contributed by atoms with van der Waals surface area (Å²) in [4.78, 5) is 19.3. The van der Waals surface area contributed by atoms with Gasteiger partial charge >= 0.3 is 0 Å². The number of para-hydroxylation sites is 1. The van der Waals surface area contributed by atoms with Crippen LogP contribution in [0, 0.1) is 5.82 Å². The highest BCUT2D eigenvalue weighted by molar-refractivity contribution is 6.16. The van der Waals surface area contributed by atoms with E-state index in [2.05, 4.69) is 5.32 Å². The summed E-state index contributed by atoms with van der Waals surface area (Å²) in [6.45, 7) is 0.665. The van der Waals surface area contributed by atoms with Crippen LogP contribution in [0.1, 0.15) is 22.8 Å². The number of nitrogens with one attached hydrogen (secondary N) is 1. The summed E-state index contributed by atoms with van der Waals surface area (Å²) in [6, 6.07) is 23.0. The summed E-state index contributed by atoms with van der Waals surface area (Å²) < 4.78 is 14.5. The predicted molar refractivity (Wildman–Crippen MR) is 120 cm³/mol. The second-order valence-electron chi connectivity index (χ2n) is 7.51. The number of benzene rings is 3. The van der Waals surface area contributed by atoms with Gasteiger partial charge in [0, 0.05) is 30.4 Å². The quantitative estimate of drug-likeness (QED) is 0.669. The van der Waals surface area contributed by atoms with Gasteiger partial charge in [-0.3, -0.25) is 9.79 Å². The number of benzodiazepines with no additional fused rings is 1. The second-order valence-corrected chi connectivity index (χ2v) is 7.51. The number of fused-ring (bicyclic) bond motifs is 1. The number of hydrogen-bond acceptors (Lipinski definition) is 4. The van der Waals surface area contributed by atoms with Crippen molar-refractivity contribution in [3.8, 4) is 0 Å². The number of carbonyl (C=O) groups excluding carboxylic acids is 1. The molecule has 0 aliphatic carbocycles. The largest absolute Gasteiger partial charge is 0.378 e. The van der Waals surface area contributed by atoms with Crippen LogP contribution >= 0.6 is 0 Å². The van der Waals surface area contributed by atoms with Gasteiger partial charge in [0.25, 0.3) is 5.91 Å². The van der Waals surface area contributed by atoms with Crippen LogP contribution in [0.4, 0.5) is 10.1 Å². The minimum Gasteiger partial charge on any atom is -0.378 e. The zero-order valence-electron chi connectivity index (χ0n) is 17.2. The lowest BCUT2D eigenvalue weighted by atomic mass is 10.00. The third-order valence-corrected chi connectivity index (χ3v) is 5.55. The Morgan fingerprint density at radius 3 is 2.45 bits per heavy atom. The molecule has 31 heavy (non-hydrogen) atoms. The fourth-order valence-electron chi connectivity index (χ4n) is 3.77. The SMILES string of the molecule is CN1c2ccccc2C(c2ccccc2F)=NCC1CNC(=O)[C@@H](O)c1ccccc1. The van der Waals surface area contributed by atoms with Gasteiger partial charge in [-0.15, -0.1) is 0 Å². The maximum Gasteiger partial charge on any atom is 0.253 e. The van der Waals surface area contributed by atoms with Crippen molar-refractivity contribution in [2.24, 2.45) is 4.99 Å². The molecule has 5 nitrogen and oxygen atoms in total. The molecule has 0 fully saturated rings. The lowest BCUT2D eigenvalue weighted by Crippen LogP contribution is -2.45. The standard InChI is InChI=1S/C25H24FN3O2/c1-29-18(16-28-25(31)24(30)17-9-3-2-4-10-17)15-27-23(19-11-5-7-13-21(19)26)20-12-6-8-14-22(20)29/h2-14,18,24,30H,15-16H2,1H3,(H,28,31)/t18?,24-/m0/s1. The number of anilines is 1. The number of likely N-dealkylation sites (N-methyl/N-ethyl adjacent to an activating group) is 1. The number of carbonyl (C=O) groups is 1. The van der Waals surface area contributed by atoms with E-state index >= 15 is 0 Å². The van der Waals surface area contributed by atoms with E-state index in [1.165, 1.54) is 6.07 Å². The zero-order valence-corrected chi connectivity index (χ0v) is 17.2. The number of halogens is 1. The molecular weight excluding hydrogens is 393 g/mol. The molecule has 0 aromatic heterocycles. The van der Waals surface area contributed by atoms with Gasteiger partial charge in [0.05, 0.1) is 18.3 Å². The smallest absolute Gasteiger partial charge is 0.253 e. The third-order valence-electron chi connectivity index (χ3n) is 5.55. The number of aliphatic hydroxyl groups is 1. The van der Waals surface area contributed by atoms with E-state index in [1.807, 2.05) is 42.3 Å². The Balaban J connectivity index is 1.57. The first-order chi connectivity index (χ1) is 15.1. The van der Waals surface area contributed by atoms with Gasteiger partial charge in [0.1, 0.15) is 5.82 Å². The van der Waals surface area contributed by atoms with Crippen LogP contribution in [0.5, 0.6) is 0 Å². The fraction of sp³-hybridized carbons (Fsp3) is 0.200. The monoisotopic (exact) mass is 417 g/mol. The summed E-state index contributed by atoms with van der Waals surface area (Å²) in [7, 11) is 1.93. The lowest BCUT2D eigenvalue weighted by molar-refractivity contribution is -0.129. The Morgan fingerprint density at radius 2 is 1.71 bits per heavy atom. The van der Waals surface area contributed by atoms with Gasteiger partial charge in [0.2, 0.25) is 0 Å². The second kappa shape index (κ2) is 9.10. The average Bonchev–Trinajstić information content (AvgIpc) is 2.95. The molecule has 0 saturated carbocycles. The average molecular weight is 417 g/mol. The molecule has 0 spiro atoms. The van der Waals surface area contributed by atoms with E-state index in [-0.39, 0.29) is 11.9 Å². The van der Waals surface area contributed by atoms with E-state index in [0.29, 0.717) is 29.9 Å². The first-order valence-electron chi connectivity index (χ1n) is 10.2. The highest BCUT2D eigenvalue weighted by Crippen LogP contribution is 2.28. The van der Waals surface area contributed by atoms with Crippen molar-refractivity contribution < 1.29 is 14.3 Å². The molecule has 1 aliphatic heterocycles. The molecule has 1 heterocycles. The molecular formula is C25H24FN3O2. The normalized spacial score (nSPS) is 16.7. The fourth-order valence-corrected chi connectivity index (χ4v) is 3.77. The van der Waals surface area contributed by atoms with Crippen LogP contribution in [0.25, 0.3) is 0 Å². The Hall–Kier alpha value is -3.51. The molecule has 158 valence electrons. The van der Waals surface area contributed by atoms with Crippen molar-refractivity contribution in [1.82, 2.24) is 5.32 Å². The molecule has 0 radical (unpaired) electrons. The molecule has 1 aliphatic rings. The molecule has 3 aromatic carbocycles. The minimum absolute atomic E-state index is 0.155. The molecule has 1 unspecified atom stereocenters. The maximum absolute atomic E-state index is 14.5. The van der Waals surface area contributed by atoms with Gasteiger partial charge in [-0.1, -0.05) is 60.7 Å². The van der Waals surface area contributed by atoms with Crippen LogP contribution in [-0.2, 0) is 4.79 Å². The number of rotatable bonds is 5. The number of aliphatic imine (C=N–C) groups is 1. The molecule has 4 rings (SSSR count). The molecule has 3 aromatic rings. The van der Waals surface area contributed by atoms with Crippen molar-refractivity contribution in [2.75, 3.05) is 25.0 Å². The van der Waals surface area contributed by atoms with Gasteiger partial charge in [-0.2, -0.15) is 0 Å². The summed E-state index contributed by atoms with van der Waals surface area (Å²) in [5.74, 6) is -0.785. The molecule has 2 atom stereocenters. The topological polar surface area (TPSA) is 64.9 Å². The van der Waals surface area contributed by atoms with Gasteiger partial charge in [-0.25, -0.2) is 4.39 Å². The van der Waals surface area contributed by atoms with Crippen LogP contribution in [0.15, 0.2) is 83.9 Å². The summed E-state index contributed by atoms with van der Waals surface area (Å²) in [5, 5.41) is 13.2. The Morgan fingerprint density at radius 1 is 1.06 bits per heavy atom. The molecule has 0 bridgehead atoms. The number of nitrogens with zero attached hydrogens (tertiary/aromatic N) is 2. The van der Waals surface area contributed by atoms with Crippen LogP contribution in [0.2, 0.25) is 0 Å². The first-order valence-corrected chi connectivity index (χ1v) is 10.2. The third kappa shape index (κ3) is 4.34. The number of aliphatic hydroxyl groups excluding tert-OH is 1. The predicted octanol–water partition coefficient (Wildman–Crippen LogP) is 3.33. The maximum atomic E-state index is 14.5. The highest BCUT2D eigenvalue weighted by Gasteiger charge is 2.26. The van der Waals surface area contributed by atoms with Crippen LogP contribution in [-0.4, -0.2) is 42.9 Å². The van der Waals surface area contributed by atoms with E-state index in [1.54, 1.807) is 42.5 Å². The Kier molecular flexibility index (Phi) is 6.09. The Labute approximate surface area is 180 Å². The van der Waals surface area contributed by atoms with Gasteiger partial charge < -0.3 is 15.3 Å². The molecule has 1 amide bonds. The molecule has 0 saturated heterocycles. The van der Waals surface area contributed by atoms with Crippen molar-refractivity contribution in [2.45, 2.75) is 12.1 Å². The number of amides is 1. The number of hydrogen-bond donors (Lipinski definition) is 2. The summed E-state index contributed by atoms with van der Waals surface area (Å²) >= 11 is 0. The van der Waals surface area contributed by atoms with Crippen LogP contribution < -0.4 is 10.2 Å². The highest BCUT2D eigenvalue weighted by atomic mass is 19.1. The first kappa shape index (κ1) is 20.8. The molecule has 2 N–H and O–H groups in total. The van der Waals surface area contributed by atoms with Gasteiger partial charge in [0.15, 0.2) is 6.10 Å². The van der Waals surface area contributed by atoms with E-state index in [4.69, 9.17) is 4.99 Å². The van der Waals surface area contributed by atoms with Crippen LogP contribution in [0.3, 0.4) is 0 Å². The minimum atomic E-state index is -1.23. The lowest BCUT2D eigenvalue weighted by Gasteiger charge is -2.29. The van der Waals surface area contributed by atoms with E-state index in [0.717, 1.165) is 11.3 Å². The Bertz CT molecular complexity index is 1100. The van der Waals surface area contributed by atoms with E-state index < -0.39 is 12.0 Å². The van der Waals surface area contributed by atoms with Gasteiger partial charge in [-0.05, 0) is 23.8 Å². The van der Waals surface area contributed by atoms with Crippen molar-refractivity contribution in [1.29, 1.82) is 0 Å². The van der Waals surface area contributed by atoms with Crippen molar-refractivity contribution in [3.05, 3.63) is 101 Å². The summed E-state index contributed by atoms with van der Waals surface area (Å²) in [6.07, 6.45) is -1.23. The van der Waals surface area contributed by atoms with Crippen molar-refractivity contribution >= 4 is 17.3 Å². The zero-order chi connectivity index (χ0) is 21.8. The van der Waals surface area contributed by atoms with E-state index in [9.17, 15) is 14.3 Å². The van der Waals surface area contributed by atoms with Crippen molar-refractivity contribution in [3.63, 3.8) is 0 Å². The molecule has 6 heteroatoms. The summed E-state index contributed by atoms with van der Waals surface area (Å²) in [5.41, 5.74) is 3.34.